The Morgan fingerprint density at radius 2 is 1.05 bits per heavy atom. The van der Waals surface area contributed by atoms with Crippen LogP contribution in [0.5, 0.6) is 0 Å². The molecular formula is C24H23F12NOSi. The third-order valence-electron chi connectivity index (χ3n) is 6.40. The van der Waals surface area contributed by atoms with E-state index in [9.17, 15) is 52.7 Å². The first-order valence-corrected chi connectivity index (χ1v) is 14.5. The SMILES string of the molecule is C[Si](C)(OCC1CCCN1)C(c1cc(C(F)(F)F)cc(C(F)(F)F)c1)c1cc(C(F)(F)F)cc(C(F)(F)F)c1. The molecule has 2 nitrogen and oxygen atoms in total. The molecule has 15 heteroatoms. The van der Waals surface area contributed by atoms with Crippen molar-refractivity contribution in [1.29, 1.82) is 0 Å². The molecule has 2 aromatic carbocycles. The number of alkyl halides is 12. The molecule has 1 heterocycles. The maximum absolute atomic E-state index is 13.6. The largest absolute Gasteiger partial charge is 0.416 e. The summed E-state index contributed by atoms with van der Waals surface area (Å²) in [6.45, 7) is 3.19. The molecule has 1 unspecified atom stereocenters. The van der Waals surface area contributed by atoms with Crippen molar-refractivity contribution >= 4 is 8.32 Å². The second-order valence-corrected chi connectivity index (χ2v) is 13.9. The summed E-state index contributed by atoms with van der Waals surface area (Å²) in [5, 5.41) is 3.07. The molecule has 0 spiro atoms. The van der Waals surface area contributed by atoms with Gasteiger partial charge in [0.05, 0.1) is 22.3 Å². The monoisotopic (exact) mass is 597 g/mol. The topological polar surface area (TPSA) is 21.3 Å². The Labute approximate surface area is 216 Å². The molecule has 39 heavy (non-hydrogen) atoms. The van der Waals surface area contributed by atoms with Crippen molar-refractivity contribution in [3.05, 3.63) is 69.8 Å². The van der Waals surface area contributed by atoms with E-state index >= 15 is 0 Å². The normalized spacial score (nSPS) is 17.8. The molecule has 1 aliphatic rings. The van der Waals surface area contributed by atoms with E-state index in [0.29, 0.717) is 37.2 Å². The van der Waals surface area contributed by atoms with Crippen LogP contribution in [-0.4, -0.2) is 27.5 Å². The van der Waals surface area contributed by atoms with Crippen LogP contribution >= 0.6 is 0 Å². The summed E-state index contributed by atoms with van der Waals surface area (Å²) in [5.74, 6) is 0. The van der Waals surface area contributed by atoms with Crippen LogP contribution in [0.3, 0.4) is 0 Å². The standard InChI is InChI=1S/C24H23F12NOSi/c1-39(2,38-12-19-4-3-5-37-19)20(13-6-15(21(25,26)27)10-16(7-13)22(28,29)30)14-8-17(23(31,32)33)11-18(9-14)24(34,35)36/h6-11,19-20,37H,3-5,12H2,1-2H3. The van der Waals surface area contributed by atoms with Crippen molar-refractivity contribution in [2.45, 2.75) is 62.2 Å². The summed E-state index contributed by atoms with van der Waals surface area (Å²) in [6.07, 6.45) is -19.8. The minimum Gasteiger partial charge on any atom is -0.415 e. The zero-order chi connectivity index (χ0) is 29.6. The van der Waals surface area contributed by atoms with Crippen LogP contribution in [0, 0.1) is 0 Å². The van der Waals surface area contributed by atoms with Gasteiger partial charge < -0.3 is 9.74 Å². The maximum Gasteiger partial charge on any atom is 0.416 e. The van der Waals surface area contributed by atoms with Gasteiger partial charge in [-0.15, -0.1) is 0 Å². The van der Waals surface area contributed by atoms with Gasteiger partial charge in [-0.25, -0.2) is 0 Å². The molecule has 0 saturated carbocycles. The first-order valence-electron chi connectivity index (χ1n) is 11.5. The fourth-order valence-electron chi connectivity index (χ4n) is 4.58. The van der Waals surface area contributed by atoms with Crippen LogP contribution in [0.1, 0.15) is 51.8 Å². The quantitative estimate of drug-likeness (QED) is 0.267. The van der Waals surface area contributed by atoms with E-state index in [0.717, 1.165) is 6.42 Å². The van der Waals surface area contributed by atoms with Gasteiger partial charge in [0.1, 0.15) is 0 Å². The fraction of sp³-hybridized carbons (Fsp3) is 0.500. The van der Waals surface area contributed by atoms with Crippen molar-refractivity contribution in [1.82, 2.24) is 5.32 Å². The van der Waals surface area contributed by atoms with Crippen molar-refractivity contribution in [2.75, 3.05) is 13.2 Å². The third-order valence-corrected chi connectivity index (χ3v) is 9.37. The van der Waals surface area contributed by atoms with Crippen LogP contribution < -0.4 is 5.32 Å². The minimum atomic E-state index is -5.29. The summed E-state index contributed by atoms with van der Waals surface area (Å²) in [5.41, 5.74) is -10.2. The highest BCUT2D eigenvalue weighted by Gasteiger charge is 2.44. The highest BCUT2D eigenvalue weighted by Crippen LogP contribution is 2.45. The lowest BCUT2D eigenvalue weighted by molar-refractivity contribution is -0.144. The number of nitrogens with one attached hydrogen (secondary N) is 1. The Morgan fingerprint density at radius 3 is 1.33 bits per heavy atom. The van der Waals surface area contributed by atoms with Gasteiger partial charge in [-0.1, -0.05) is 0 Å². The molecule has 1 aliphatic heterocycles. The van der Waals surface area contributed by atoms with E-state index in [2.05, 4.69) is 5.32 Å². The number of rotatable bonds is 6. The Morgan fingerprint density at radius 1 is 0.692 bits per heavy atom. The molecule has 1 saturated heterocycles. The van der Waals surface area contributed by atoms with Gasteiger partial charge in [-0.3, -0.25) is 0 Å². The molecule has 1 N–H and O–H groups in total. The number of benzene rings is 2. The predicted octanol–water partition coefficient (Wildman–Crippen LogP) is 8.41. The zero-order valence-corrected chi connectivity index (χ0v) is 21.4. The maximum atomic E-state index is 13.6. The van der Waals surface area contributed by atoms with Crippen molar-refractivity contribution < 1.29 is 57.1 Å². The first kappa shape index (κ1) is 31.3. The van der Waals surface area contributed by atoms with Crippen LogP contribution in [0.25, 0.3) is 0 Å². The van der Waals surface area contributed by atoms with Gasteiger partial charge in [0.2, 0.25) is 0 Å². The predicted molar refractivity (Wildman–Crippen MR) is 119 cm³/mol. The van der Waals surface area contributed by atoms with Gasteiger partial charge in [0, 0.05) is 18.2 Å². The summed E-state index contributed by atoms with van der Waals surface area (Å²) in [7, 11) is -3.72. The van der Waals surface area contributed by atoms with E-state index in [1.165, 1.54) is 13.1 Å². The van der Waals surface area contributed by atoms with Gasteiger partial charge in [0.15, 0.2) is 8.32 Å². The van der Waals surface area contributed by atoms with Crippen LogP contribution in [0.2, 0.25) is 13.1 Å². The molecule has 1 atom stereocenters. The summed E-state index contributed by atoms with van der Waals surface area (Å²) >= 11 is 0. The molecule has 1 fully saturated rings. The molecule has 0 radical (unpaired) electrons. The fourth-order valence-corrected chi connectivity index (χ4v) is 7.32. The van der Waals surface area contributed by atoms with Crippen LogP contribution in [0.15, 0.2) is 36.4 Å². The van der Waals surface area contributed by atoms with Gasteiger partial charge in [-0.2, -0.15) is 52.7 Å². The summed E-state index contributed by atoms with van der Waals surface area (Å²) < 4.78 is 169. The molecule has 3 rings (SSSR count). The third kappa shape index (κ3) is 7.69. The van der Waals surface area contributed by atoms with Crippen molar-refractivity contribution in [3.63, 3.8) is 0 Å². The molecule has 0 bridgehead atoms. The summed E-state index contributed by atoms with van der Waals surface area (Å²) in [4.78, 5) is 0. The van der Waals surface area contributed by atoms with Crippen molar-refractivity contribution in [3.8, 4) is 0 Å². The smallest absolute Gasteiger partial charge is 0.415 e. The van der Waals surface area contributed by atoms with E-state index < -0.39 is 71.9 Å². The number of hydrogen-bond donors (Lipinski definition) is 1. The van der Waals surface area contributed by atoms with E-state index in [1.54, 1.807) is 0 Å². The first-order chi connectivity index (χ1) is 17.6. The molecular weight excluding hydrogens is 574 g/mol. The minimum absolute atomic E-state index is 0.0775. The van der Waals surface area contributed by atoms with Crippen molar-refractivity contribution in [2.24, 2.45) is 0 Å². The van der Waals surface area contributed by atoms with E-state index in [1.807, 2.05) is 0 Å². The summed E-state index contributed by atoms with van der Waals surface area (Å²) in [6, 6.07) is 0.714. The second-order valence-electron chi connectivity index (χ2n) is 9.82. The molecule has 0 amide bonds. The Kier molecular flexibility index (Phi) is 8.51. The van der Waals surface area contributed by atoms with E-state index in [4.69, 9.17) is 4.43 Å². The number of halogens is 12. The number of hydrogen-bond acceptors (Lipinski definition) is 2. The lowest BCUT2D eigenvalue weighted by atomic mass is 9.95. The Bertz CT molecular complexity index is 1020. The lowest BCUT2D eigenvalue weighted by Crippen LogP contribution is -2.43. The molecule has 2 aromatic rings. The highest BCUT2D eigenvalue weighted by molar-refractivity contribution is 6.73. The molecule has 218 valence electrons. The molecule has 0 aliphatic carbocycles. The highest BCUT2D eigenvalue weighted by atomic mass is 28.4. The van der Waals surface area contributed by atoms with Gasteiger partial charge in [-0.05, 0) is 80.0 Å². The lowest BCUT2D eigenvalue weighted by Gasteiger charge is -2.35. The van der Waals surface area contributed by atoms with Gasteiger partial charge >= 0.3 is 24.7 Å². The van der Waals surface area contributed by atoms with Gasteiger partial charge in [0.25, 0.3) is 0 Å². The van der Waals surface area contributed by atoms with Crippen LogP contribution in [-0.2, 0) is 29.1 Å². The van der Waals surface area contributed by atoms with Crippen LogP contribution in [0.4, 0.5) is 52.7 Å². The Hall–Kier alpha value is -2.26. The Balaban J connectivity index is 2.31. The average molecular weight is 598 g/mol. The average Bonchev–Trinajstić information content (AvgIpc) is 3.29. The zero-order valence-electron chi connectivity index (χ0n) is 20.4. The molecule has 0 aromatic heterocycles. The van der Waals surface area contributed by atoms with E-state index in [-0.39, 0.29) is 24.8 Å². The second kappa shape index (κ2) is 10.6.